The molecule has 0 unspecified atom stereocenters. The number of ether oxygens (including phenoxy) is 1. The summed E-state index contributed by atoms with van der Waals surface area (Å²) in [4.78, 5) is 12.5. The van der Waals surface area contributed by atoms with Crippen molar-refractivity contribution < 1.29 is 13.9 Å². The monoisotopic (exact) mass is 451 g/mol. The number of aromatic nitrogens is 2. The first kappa shape index (κ1) is 17.6. The summed E-state index contributed by atoms with van der Waals surface area (Å²) in [6.07, 6.45) is 1.18. The van der Waals surface area contributed by atoms with Crippen molar-refractivity contribution in [3.05, 3.63) is 50.2 Å². The van der Waals surface area contributed by atoms with E-state index >= 15 is 0 Å². The van der Waals surface area contributed by atoms with Gasteiger partial charge in [-0.1, -0.05) is 15.9 Å². The molecule has 0 spiro atoms. The summed E-state index contributed by atoms with van der Waals surface area (Å²) in [5, 5.41) is 2.99. The number of amides is 1. The van der Waals surface area contributed by atoms with Crippen LogP contribution in [0.3, 0.4) is 0 Å². The first-order valence-corrected chi connectivity index (χ1v) is 10.2. The molecule has 2 fully saturated rings. The van der Waals surface area contributed by atoms with Gasteiger partial charge in [-0.05, 0) is 42.4 Å². The molecule has 5 nitrogen and oxygen atoms in total. The molecule has 2 aromatic rings. The largest absolute Gasteiger partial charge is 0.377 e. The highest BCUT2D eigenvalue weighted by molar-refractivity contribution is 9.10. The summed E-state index contributed by atoms with van der Waals surface area (Å²) >= 11 is 9.08. The second kappa shape index (κ2) is 5.99. The molecule has 0 radical (unpaired) electrons. The molecule has 1 amide bonds. The van der Waals surface area contributed by atoms with E-state index in [9.17, 15) is 9.18 Å². The van der Waals surface area contributed by atoms with Crippen molar-refractivity contribution in [3.63, 3.8) is 0 Å². The predicted octanol–water partition coefficient (Wildman–Crippen LogP) is 2.95. The highest BCUT2D eigenvalue weighted by Gasteiger charge is 2.63. The Morgan fingerprint density at radius 3 is 2.96 bits per heavy atom. The van der Waals surface area contributed by atoms with Crippen LogP contribution >= 0.6 is 28.1 Å². The summed E-state index contributed by atoms with van der Waals surface area (Å²) in [5.74, 6) is 0.0131. The molecule has 3 heterocycles. The van der Waals surface area contributed by atoms with Gasteiger partial charge in [0.2, 0.25) is 5.91 Å². The lowest BCUT2D eigenvalue weighted by Gasteiger charge is -2.26. The number of benzene rings is 1. The molecule has 1 saturated carbocycles. The van der Waals surface area contributed by atoms with E-state index in [2.05, 4.69) is 25.8 Å². The molecule has 1 saturated heterocycles. The van der Waals surface area contributed by atoms with Gasteiger partial charge in [0.25, 0.3) is 0 Å². The minimum atomic E-state index is -0.238. The van der Waals surface area contributed by atoms with Gasteiger partial charge >= 0.3 is 0 Å². The van der Waals surface area contributed by atoms with Crippen LogP contribution in [0.25, 0.3) is 0 Å². The Morgan fingerprint density at radius 2 is 2.26 bits per heavy atom. The van der Waals surface area contributed by atoms with E-state index in [0.717, 1.165) is 27.8 Å². The molecule has 2 aliphatic heterocycles. The van der Waals surface area contributed by atoms with E-state index < -0.39 is 0 Å². The number of carbonyl (C=O) groups excluding carboxylic acids is 1. The quantitative estimate of drug-likeness (QED) is 0.726. The number of hydrogen-bond donors (Lipinski definition) is 1. The molecule has 1 aromatic carbocycles. The Hall–Kier alpha value is -1.51. The minimum absolute atomic E-state index is 0.0194. The predicted molar refractivity (Wildman–Crippen MR) is 104 cm³/mol. The van der Waals surface area contributed by atoms with Crippen molar-refractivity contribution in [2.24, 2.45) is 7.05 Å². The second-order valence-corrected chi connectivity index (χ2v) is 9.06. The Balaban J connectivity index is 1.48. The summed E-state index contributed by atoms with van der Waals surface area (Å²) < 4.78 is 25.3. The Bertz CT molecular complexity index is 1030. The molecular weight excluding hydrogens is 433 g/mol. The Labute approximate surface area is 169 Å². The molecule has 3 aliphatic rings. The molecule has 1 N–H and O–H groups in total. The van der Waals surface area contributed by atoms with Crippen molar-refractivity contribution in [2.75, 3.05) is 13.2 Å². The normalized spacial score (nSPS) is 25.7. The zero-order chi connectivity index (χ0) is 18.9. The lowest BCUT2D eigenvalue weighted by Crippen LogP contribution is -2.49. The molecule has 0 bridgehead atoms. The number of halogens is 2. The van der Waals surface area contributed by atoms with E-state index in [1.807, 2.05) is 17.7 Å². The van der Waals surface area contributed by atoms with Crippen molar-refractivity contribution in [1.82, 2.24) is 14.5 Å². The maximum Gasteiger partial charge on any atom is 0.226 e. The number of rotatable bonds is 4. The van der Waals surface area contributed by atoms with Crippen LogP contribution in [0.2, 0.25) is 0 Å². The lowest BCUT2D eigenvalue weighted by atomic mass is 9.93. The highest BCUT2D eigenvalue weighted by Crippen LogP contribution is 2.66. The molecular formula is C19H19BrFN3O2S. The van der Waals surface area contributed by atoms with Gasteiger partial charge in [0, 0.05) is 40.8 Å². The molecule has 8 heteroatoms. The first-order chi connectivity index (χ1) is 12.9. The number of imidazole rings is 1. The second-order valence-electron chi connectivity index (χ2n) is 7.78. The zero-order valence-corrected chi connectivity index (χ0v) is 17.2. The van der Waals surface area contributed by atoms with Crippen LogP contribution in [-0.2, 0) is 35.0 Å². The molecule has 1 aliphatic carbocycles. The maximum atomic E-state index is 14.6. The highest BCUT2D eigenvalue weighted by atomic mass is 79.9. The van der Waals surface area contributed by atoms with E-state index in [-0.39, 0.29) is 35.5 Å². The number of hydrogen-bond acceptors (Lipinski definition) is 3. The van der Waals surface area contributed by atoms with E-state index in [4.69, 9.17) is 17.0 Å². The summed E-state index contributed by atoms with van der Waals surface area (Å²) in [7, 11) is 1.91. The van der Waals surface area contributed by atoms with Gasteiger partial charge in [0.1, 0.15) is 5.82 Å². The number of fused-ring (bicyclic) bond motifs is 3. The van der Waals surface area contributed by atoms with Crippen molar-refractivity contribution in [2.45, 2.75) is 36.8 Å². The number of nitrogens with zero attached hydrogens (tertiary/aromatic N) is 2. The molecule has 2 atom stereocenters. The number of carbonyl (C=O) groups is 1. The fourth-order valence-corrected chi connectivity index (χ4v) is 5.24. The molecule has 5 rings (SSSR count). The molecule has 27 heavy (non-hydrogen) atoms. The van der Waals surface area contributed by atoms with Crippen LogP contribution in [0.5, 0.6) is 0 Å². The van der Waals surface area contributed by atoms with Crippen molar-refractivity contribution in [1.29, 1.82) is 0 Å². The van der Waals surface area contributed by atoms with Gasteiger partial charge in [0.15, 0.2) is 4.77 Å². The first-order valence-electron chi connectivity index (χ1n) is 9.01. The topological polar surface area (TPSA) is 48.2 Å². The van der Waals surface area contributed by atoms with Crippen molar-refractivity contribution >= 4 is 34.1 Å². The van der Waals surface area contributed by atoms with Gasteiger partial charge in [0.05, 0.1) is 25.7 Å². The van der Waals surface area contributed by atoms with E-state index in [1.165, 1.54) is 6.07 Å². The van der Waals surface area contributed by atoms with Gasteiger partial charge in [-0.2, -0.15) is 0 Å². The van der Waals surface area contributed by atoms with E-state index in [1.54, 1.807) is 6.07 Å². The van der Waals surface area contributed by atoms with Gasteiger partial charge < -0.3 is 19.2 Å². The molecule has 1 aromatic heterocycles. The van der Waals surface area contributed by atoms with Crippen LogP contribution in [0, 0.1) is 10.6 Å². The summed E-state index contributed by atoms with van der Waals surface area (Å²) in [5.41, 5.74) is 2.54. The SMILES string of the molecule is Cn1c(CC(=O)NC2COC2)c2n(c1=S)C[C@@]1(c3cc(Br)ccc3F)C[C@@H]21. The minimum Gasteiger partial charge on any atom is -0.377 e. The fourth-order valence-electron chi connectivity index (χ4n) is 4.61. The van der Waals surface area contributed by atoms with Gasteiger partial charge in [-0.25, -0.2) is 4.39 Å². The lowest BCUT2D eigenvalue weighted by molar-refractivity contribution is -0.124. The average molecular weight is 452 g/mol. The third-order valence-corrected chi connectivity index (χ3v) is 7.14. The zero-order valence-electron chi connectivity index (χ0n) is 14.8. The third-order valence-electron chi connectivity index (χ3n) is 6.15. The van der Waals surface area contributed by atoms with Gasteiger partial charge in [-0.3, -0.25) is 4.79 Å². The number of nitrogens with one attached hydrogen (secondary N) is 1. The summed E-state index contributed by atoms with van der Waals surface area (Å²) in [6.45, 7) is 1.82. The molecule has 142 valence electrons. The Kier molecular flexibility index (Phi) is 3.90. The fraction of sp³-hybridized carbons (Fsp3) is 0.474. The van der Waals surface area contributed by atoms with Crippen LogP contribution < -0.4 is 5.32 Å². The summed E-state index contributed by atoms with van der Waals surface area (Å²) in [6, 6.07) is 5.23. The Morgan fingerprint density at radius 1 is 1.48 bits per heavy atom. The van der Waals surface area contributed by atoms with Gasteiger partial charge in [-0.15, -0.1) is 0 Å². The van der Waals surface area contributed by atoms with Crippen LogP contribution in [-0.4, -0.2) is 34.3 Å². The van der Waals surface area contributed by atoms with Crippen LogP contribution in [0.1, 0.15) is 29.3 Å². The third kappa shape index (κ3) is 2.57. The van der Waals surface area contributed by atoms with Crippen LogP contribution in [0.4, 0.5) is 4.39 Å². The maximum absolute atomic E-state index is 14.6. The standard InChI is InChI=1S/C19H19BrFN3O2S/c1-23-15(5-16(25)22-11-7-26-8-11)17-13-6-19(13,9-24(17)18(23)27)12-4-10(20)2-3-14(12)21/h2-4,11,13H,5-9H2,1H3,(H,22,25)/t13-,19+/m0/s1. The van der Waals surface area contributed by atoms with E-state index in [0.29, 0.717) is 24.5 Å². The smallest absolute Gasteiger partial charge is 0.226 e. The average Bonchev–Trinajstić information content (AvgIpc) is 3.16. The van der Waals surface area contributed by atoms with Crippen molar-refractivity contribution in [3.8, 4) is 0 Å². The van der Waals surface area contributed by atoms with Crippen LogP contribution in [0.15, 0.2) is 22.7 Å².